The largest absolute Gasteiger partial charge is 0.338 e. The molecule has 0 unspecified atom stereocenters. The zero-order chi connectivity index (χ0) is 16.2. The predicted octanol–water partition coefficient (Wildman–Crippen LogP) is 3.20. The minimum absolute atomic E-state index is 0.00124. The van der Waals surface area contributed by atoms with E-state index in [-0.39, 0.29) is 17.6 Å². The lowest BCUT2D eigenvalue weighted by Crippen LogP contribution is -2.29. The van der Waals surface area contributed by atoms with Crippen LogP contribution in [0.2, 0.25) is 0 Å². The molecule has 1 aromatic heterocycles. The Morgan fingerprint density at radius 1 is 1.35 bits per heavy atom. The lowest BCUT2D eigenvalue weighted by Gasteiger charge is -2.18. The summed E-state index contributed by atoms with van der Waals surface area (Å²) in [6, 6.07) is 6.57. The van der Waals surface area contributed by atoms with E-state index < -0.39 is 0 Å². The smallest absolute Gasteiger partial charge is 0.257 e. The Labute approximate surface area is 135 Å². The van der Waals surface area contributed by atoms with Gasteiger partial charge in [-0.25, -0.2) is 14.4 Å². The van der Waals surface area contributed by atoms with E-state index in [2.05, 4.69) is 16.9 Å². The van der Waals surface area contributed by atoms with Crippen molar-refractivity contribution in [2.45, 2.75) is 32.1 Å². The summed E-state index contributed by atoms with van der Waals surface area (Å²) in [6.07, 6.45) is 5.72. The molecular weight excluding hydrogens is 293 g/mol. The molecule has 1 amide bonds. The Kier molecular flexibility index (Phi) is 4.65. The second-order valence-corrected chi connectivity index (χ2v) is 5.92. The fourth-order valence-corrected chi connectivity index (χ4v) is 3.09. The number of rotatable bonds is 4. The van der Waals surface area contributed by atoms with Gasteiger partial charge in [-0.1, -0.05) is 25.5 Å². The van der Waals surface area contributed by atoms with E-state index in [9.17, 15) is 9.18 Å². The zero-order valence-electron chi connectivity index (χ0n) is 13.2. The fourth-order valence-electron chi connectivity index (χ4n) is 3.09. The van der Waals surface area contributed by atoms with Gasteiger partial charge in [0.25, 0.3) is 5.91 Å². The van der Waals surface area contributed by atoms with Crippen molar-refractivity contribution in [3.05, 3.63) is 59.4 Å². The molecule has 5 heteroatoms. The van der Waals surface area contributed by atoms with Crippen molar-refractivity contribution >= 4 is 5.91 Å². The molecule has 4 nitrogen and oxygen atoms in total. The first kappa shape index (κ1) is 15.6. The first-order valence-corrected chi connectivity index (χ1v) is 8.02. The van der Waals surface area contributed by atoms with Crippen LogP contribution in [0.4, 0.5) is 4.39 Å². The van der Waals surface area contributed by atoms with E-state index in [4.69, 9.17) is 0 Å². The zero-order valence-corrected chi connectivity index (χ0v) is 13.2. The van der Waals surface area contributed by atoms with E-state index in [1.807, 2.05) is 17.0 Å². The number of hydrogen-bond acceptors (Lipinski definition) is 3. The summed E-state index contributed by atoms with van der Waals surface area (Å²) in [5.74, 6) is 0.0304. The summed E-state index contributed by atoms with van der Waals surface area (Å²) >= 11 is 0. The Hall–Kier alpha value is -2.30. The van der Waals surface area contributed by atoms with Crippen LogP contribution in [0.15, 0.2) is 36.8 Å². The van der Waals surface area contributed by atoms with Crippen LogP contribution in [0.1, 0.15) is 47.3 Å². The summed E-state index contributed by atoms with van der Waals surface area (Å²) in [5, 5.41) is 0. The average Bonchev–Trinajstić information content (AvgIpc) is 3.06. The lowest BCUT2D eigenvalue weighted by atomic mass is 9.98. The molecule has 1 aliphatic rings. The molecule has 1 aliphatic heterocycles. The molecule has 0 bridgehead atoms. The number of likely N-dealkylation sites (tertiary alicyclic amines) is 1. The number of benzene rings is 1. The summed E-state index contributed by atoms with van der Waals surface area (Å²) < 4.78 is 13.0. The van der Waals surface area contributed by atoms with Crippen LogP contribution in [-0.4, -0.2) is 33.9 Å². The molecule has 1 fully saturated rings. The van der Waals surface area contributed by atoms with E-state index >= 15 is 0 Å². The highest BCUT2D eigenvalue weighted by atomic mass is 19.1. The molecule has 0 N–H and O–H groups in total. The number of aryl methyl sites for hydroxylation is 1. The van der Waals surface area contributed by atoms with Gasteiger partial charge in [0.15, 0.2) is 0 Å². The van der Waals surface area contributed by atoms with Gasteiger partial charge >= 0.3 is 0 Å². The molecule has 0 saturated carbocycles. The van der Waals surface area contributed by atoms with Crippen molar-refractivity contribution in [1.82, 2.24) is 14.9 Å². The first-order valence-electron chi connectivity index (χ1n) is 8.02. The Balaban J connectivity index is 1.74. The molecule has 0 radical (unpaired) electrons. The van der Waals surface area contributed by atoms with Crippen LogP contribution in [0.3, 0.4) is 0 Å². The number of carbonyl (C=O) groups is 1. The topological polar surface area (TPSA) is 46.1 Å². The van der Waals surface area contributed by atoms with Gasteiger partial charge < -0.3 is 4.90 Å². The van der Waals surface area contributed by atoms with Gasteiger partial charge in [0.05, 0.1) is 11.3 Å². The molecule has 1 atom stereocenters. The third-order valence-corrected chi connectivity index (χ3v) is 4.33. The van der Waals surface area contributed by atoms with Crippen LogP contribution < -0.4 is 0 Å². The summed E-state index contributed by atoms with van der Waals surface area (Å²) in [6.45, 7) is 3.43. The van der Waals surface area contributed by atoms with Crippen LogP contribution in [0, 0.1) is 5.82 Å². The maximum Gasteiger partial charge on any atom is 0.257 e. The molecule has 0 aliphatic carbocycles. The molecule has 120 valence electrons. The number of carbonyl (C=O) groups excluding carboxylic acids is 1. The standard InChI is InChI=1S/C18H20FN3O/c1-2-3-17-16(10-20-12-21-17)18(23)22-9-8-14(11-22)13-4-6-15(19)7-5-13/h4-7,10,12,14H,2-3,8-9,11H2,1H3/t14-/m0/s1. The Bertz CT molecular complexity index is 687. The lowest BCUT2D eigenvalue weighted by molar-refractivity contribution is 0.0788. The number of amides is 1. The van der Waals surface area contributed by atoms with Gasteiger partial charge in [0.1, 0.15) is 12.1 Å². The molecular formula is C18H20FN3O. The second kappa shape index (κ2) is 6.86. The van der Waals surface area contributed by atoms with Gasteiger partial charge in [-0.3, -0.25) is 4.79 Å². The van der Waals surface area contributed by atoms with Gasteiger partial charge in [-0.2, -0.15) is 0 Å². The summed E-state index contributed by atoms with van der Waals surface area (Å²) in [7, 11) is 0. The molecule has 1 saturated heterocycles. The average molecular weight is 313 g/mol. The molecule has 3 rings (SSSR count). The third kappa shape index (κ3) is 3.38. The number of aromatic nitrogens is 2. The SMILES string of the molecule is CCCc1ncncc1C(=O)N1CC[C@H](c2ccc(F)cc2)C1. The van der Waals surface area contributed by atoms with E-state index in [1.165, 1.54) is 18.5 Å². The van der Waals surface area contributed by atoms with Crippen LogP contribution in [-0.2, 0) is 6.42 Å². The maximum atomic E-state index is 13.0. The first-order chi connectivity index (χ1) is 11.2. The highest BCUT2D eigenvalue weighted by Gasteiger charge is 2.29. The maximum absolute atomic E-state index is 13.0. The van der Waals surface area contributed by atoms with Crippen LogP contribution in [0.25, 0.3) is 0 Å². The molecule has 2 aromatic rings. The second-order valence-electron chi connectivity index (χ2n) is 5.92. The van der Waals surface area contributed by atoms with Crippen molar-refractivity contribution in [3.8, 4) is 0 Å². The number of nitrogens with zero attached hydrogens (tertiary/aromatic N) is 3. The van der Waals surface area contributed by atoms with Crippen molar-refractivity contribution < 1.29 is 9.18 Å². The third-order valence-electron chi connectivity index (χ3n) is 4.33. The predicted molar refractivity (Wildman–Crippen MR) is 85.7 cm³/mol. The summed E-state index contributed by atoms with van der Waals surface area (Å²) in [4.78, 5) is 22.9. The Morgan fingerprint density at radius 2 is 2.13 bits per heavy atom. The van der Waals surface area contributed by atoms with Gasteiger partial charge in [-0.15, -0.1) is 0 Å². The van der Waals surface area contributed by atoms with Gasteiger partial charge in [-0.05, 0) is 30.5 Å². The van der Waals surface area contributed by atoms with Gasteiger partial charge in [0.2, 0.25) is 0 Å². The molecule has 1 aromatic carbocycles. The molecule has 2 heterocycles. The highest BCUT2D eigenvalue weighted by Crippen LogP contribution is 2.28. The van der Waals surface area contributed by atoms with Crippen molar-refractivity contribution in [3.63, 3.8) is 0 Å². The van der Waals surface area contributed by atoms with Crippen molar-refractivity contribution in [1.29, 1.82) is 0 Å². The van der Waals surface area contributed by atoms with E-state index in [0.29, 0.717) is 18.7 Å². The van der Waals surface area contributed by atoms with Crippen molar-refractivity contribution in [2.24, 2.45) is 0 Å². The number of halogens is 1. The van der Waals surface area contributed by atoms with Gasteiger partial charge in [0, 0.05) is 25.2 Å². The fraction of sp³-hybridized carbons (Fsp3) is 0.389. The quantitative estimate of drug-likeness (QED) is 0.871. The highest BCUT2D eigenvalue weighted by molar-refractivity contribution is 5.95. The van der Waals surface area contributed by atoms with Crippen molar-refractivity contribution in [2.75, 3.05) is 13.1 Å². The van der Waals surface area contributed by atoms with Crippen LogP contribution >= 0.6 is 0 Å². The number of hydrogen-bond donors (Lipinski definition) is 0. The normalized spacial score (nSPS) is 17.5. The monoisotopic (exact) mass is 313 g/mol. The van der Waals surface area contributed by atoms with E-state index in [0.717, 1.165) is 30.5 Å². The molecule has 23 heavy (non-hydrogen) atoms. The summed E-state index contributed by atoms with van der Waals surface area (Å²) in [5.41, 5.74) is 2.51. The van der Waals surface area contributed by atoms with E-state index in [1.54, 1.807) is 6.20 Å². The van der Waals surface area contributed by atoms with Crippen LogP contribution in [0.5, 0.6) is 0 Å². The minimum Gasteiger partial charge on any atom is -0.338 e. The minimum atomic E-state index is -0.231. The molecule has 0 spiro atoms. The Morgan fingerprint density at radius 3 is 2.87 bits per heavy atom.